The molecule has 5 nitrogen and oxygen atoms in total. The summed E-state index contributed by atoms with van der Waals surface area (Å²) in [6.07, 6.45) is -6.17. The quantitative estimate of drug-likeness (QED) is 0.781. The van der Waals surface area contributed by atoms with Crippen LogP contribution in [-0.4, -0.2) is 28.1 Å². The Bertz CT molecular complexity index is 498. The first-order chi connectivity index (χ1) is 9.12. The van der Waals surface area contributed by atoms with E-state index in [1.807, 2.05) is 5.32 Å². The zero-order valence-corrected chi connectivity index (χ0v) is 10.3. The van der Waals surface area contributed by atoms with Gasteiger partial charge in [-0.15, -0.1) is 0 Å². The van der Waals surface area contributed by atoms with Gasteiger partial charge in [0.15, 0.2) is 6.04 Å². The van der Waals surface area contributed by atoms with Crippen molar-refractivity contribution in [2.45, 2.75) is 25.2 Å². The summed E-state index contributed by atoms with van der Waals surface area (Å²) in [5.41, 5.74) is -0.959. The topological polar surface area (TPSA) is 86.6 Å². The number of halogens is 3. The SMILES string of the molecule is CC(=O)NC(C(=O)O)C(O)c1ccc(C(F)(F)F)cc1. The number of amides is 1. The maximum atomic E-state index is 12.4. The Hall–Kier alpha value is -2.09. The molecule has 1 rings (SSSR count). The van der Waals surface area contributed by atoms with Crippen LogP contribution in [0.25, 0.3) is 0 Å². The number of carboxylic acids is 1. The summed E-state index contributed by atoms with van der Waals surface area (Å²) in [5.74, 6) is -2.17. The van der Waals surface area contributed by atoms with Crippen LogP contribution in [0.15, 0.2) is 24.3 Å². The van der Waals surface area contributed by atoms with Crippen molar-refractivity contribution in [3.8, 4) is 0 Å². The lowest BCUT2D eigenvalue weighted by atomic mass is 10.0. The zero-order valence-electron chi connectivity index (χ0n) is 10.3. The summed E-state index contributed by atoms with van der Waals surface area (Å²) in [7, 11) is 0. The lowest BCUT2D eigenvalue weighted by Gasteiger charge is -2.20. The maximum absolute atomic E-state index is 12.4. The normalized spacial score (nSPS) is 14.4. The van der Waals surface area contributed by atoms with Gasteiger partial charge in [0.05, 0.1) is 5.56 Å². The first-order valence-electron chi connectivity index (χ1n) is 5.48. The summed E-state index contributed by atoms with van der Waals surface area (Å²) >= 11 is 0. The molecule has 1 aromatic carbocycles. The fraction of sp³-hybridized carbons (Fsp3) is 0.333. The second-order valence-corrected chi connectivity index (χ2v) is 4.08. The number of carbonyl (C=O) groups is 2. The minimum Gasteiger partial charge on any atom is -0.480 e. The van der Waals surface area contributed by atoms with Crippen molar-refractivity contribution in [2.24, 2.45) is 0 Å². The number of hydrogen-bond donors (Lipinski definition) is 3. The van der Waals surface area contributed by atoms with Crippen molar-refractivity contribution in [1.29, 1.82) is 0 Å². The molecule has 0 aliphatic carbocycles. The van der Waals surface area contributed by atoms with Crippen LogP contribution in [0.4, 0.5) is 13.2 Å². The molecule has 3 N–H and O–H groups in total. The lowest BCUT2D eigenvalue weighted by molar-refractivity contribution is -0.145. The second-order valence-electron chi connectivity index (χ2n) is 4.08. The summed E-state index contributed by atoms with van der Waals surface area (Å²) in [6, 6.07) is 1.75. The van der Waals surface area contributed by atoms with Gasteiger partial charge in [-0.25, -0.2) is 4.79 Å². The molecule has 0 radical (unpaired) electrons. The van der Waals surface area contributed by atoms with Crippen molar-refractivity contribution in [2.75, 3.05) is 0 Å². The van der Waals surface area contributed by atoms with Crippen LogP contribution >= 0.6 is 0 Å². The monoisotopic (exact) mass is 291 g/mol. The van der Waals surface area contributed by atoms with Crippen LogP contribution < -0.4 is 5.32 Å². The minimum atomic E-state index is -4.52. The average molecular weight is 291 g/mol. The molecule has 0 fully saturated rings. The van der Waals surface area contributed by atoms with Crippen molar-refractivity contribution >= 4 is 11.9 Å². The van der Waals surface area contributed by atoms with Gasteiger partial charge < -0.3 is 15.5 Å². The fourth-order valence-corrected chi connectivity index (χ4v) is 1.56. The highest BCUT2D eigenvalue weighted by atomic mass is 19.4. The third-order valence-electron chi connectivity index (χ3n) is 2.52. The third kappa shape index (κ3) is 3.95. The van der Waals surface area contributed by atoms with E-state index in [9.17, 15) is 27.9 Å². The molecule has 1 aromatic rings. The average Bonchev–Trinajstić information content (AvgIpc) is 2.33. The summed E-state index contributed by atoms with van der Waals surface area (Å²) < 4.78 is 37.1. The molecular weight excluding hydrogens is 279 g/mol. The Morgan fingerprint density at radius 3 is 2.05 bits per heavy atom. The molecule has 2 unspecified atom stereocenters. The molecule has 8 heteroatoms. The lowest BCUT2D eigenvalue weighted by Crippen LogP contribution is -2.44. The Labute approximate surface area is 112 Å². The molecule has 2 atom stereocenters. The summed E-state index contributed by atoms with van der Waals surface area (Å²) in [5, 5.41) is 20.7. The van der Waals surface area contributed by atoms with Crippen molar-refractivity contribution in [3.05, 3.63) is 35.4 Å². The first kappa shape index (κ1) is 16.0. The number of nitrogens with one attached hydrogen (secondary N) is 1. The third-order valence-corrected chi connectivity index (χ3v) is 2.52. The minimum absolute atomic E-state index is 0.0425. The maximum Gasteiger partial charge on any atom is 0.416 e. The van der Waals surface area contributed by atoms with Gasteiger partial charge >= 0.3 is 12.1 Å². The molecule has 0 aromatic heterocycles. The van der Waals surface area contributed by atoms with E-state index in [0.717, 1.165) is 31.2 Å². The second kappa shape index (κ2) is 5.91. The number of benzene rings is 1. The number of aliphatic hydroxyl groups is 1. The smallest absolute Gasteiger partial charge is 0.416 e. The number of carbonyl (C=O) groups excluding carboxylic acids is 1. The largest absolute Gasteiger partial charge is 0.480 e. The Morgan fingerprint density at radius 1 is 1.20 bits per heavy atom. The molecule has 0 heterocycles. The standard InChI is InChI=1S/C12H12F3NO4/c1-6(17)16-9(11(19)20)10(18)7-2-4-8(5-3-7)12(13,14)15/h2-5,9-10,18H,1H3,(H,16,17)(H,19,20). The van der Waals surface area contributed by atoms with Crippen LogP contribution in [0.2, 0.25) is 0 Å². The summed E-state index contributed by atoms with van der Waals surface area (Å²) in [4.78, 5) is 21.8. The molecule has 0 saturated carbocycles. The Morgan fingerprint density at radius 2 is 1.70 bits per heavy atom. The van der Waals surface area contributed by atoms with E-state index in [0.29, 0.717) is 0 Å². The van der Waals surface area contributed by atoms with E-state index < -0.39 is 35.8 Å². The van der Waals surface area contributed by atoms with E-state index in [1.54, 1.807) is 0 Å². The number of aliphatic hydroxyl groups excluding tert-OH is 1. The van der Waals surface area contributed by atoms with E-state index >= 15 is 0 Å². The van der Waals surface area contributed by atoms with Crippen LogP contribution in [0.1, 0.15) is 24.2 Å². The van der Waals surface area contributed by atoms with Gasteiger partial charge in [0, 0.05) is 6.92 Å². The summed E-state index contributed by atoms with van der Waals surface area (Å²) in [6.45, 7) is 1.06. The molecule has 0 spiro atoms. The molecule has 0 bridgehead atoms. The highest BCUT2D eigenvalue weighted by Gasteiger charge is 2.32. The predicted octanol–water partition coefficient (Wildman–Crippen LogP) is 1.33. The van der Waals surface area contributed by atoms with E-state index in [2.05, 4.69) is 0 Å². The van der Waals surface area contributed by atoms with Crippen LogP contribution in [-0.2, 0) is 15.8 Å². The van der Waals surface area contributed by atoms with E-state index in [1.165, 1.54) is 0 Å². The van der Waals surface area contributed by atoms with Crippen LogP contribution in [0.5, 0.6) is 0 Å². The molecule has 0 aliphatic rings. The molecule has 1 amide bonds. The molecular formula is C12H12F3NO4. The van der Waals surface area contributed by atoms with Gasteiger partial charge in [0.1, 0.15) is 6.10 Å². The van der Waals surface area contributed by atoms with Gasteiger partial charge in [-0.05, 0) is 17.7 Å². The number of aliphatic carboxylic acids is 1. The fourth-order valence-electron chi connectivity index (χ4n) is 1.56. The van der Waals surface area contributed by atoms with Crippen LogP contribution in [0.3, 0.4) is 0 Å². The van der Waals surface area contributed by atoms with Crippen molar-refractivity contribution in [1.82, 2.24) is 5.32 Å². The first-order valence-corrected chi connectivity index (χ1v) is 5.48. The molecule has 0 saturated heterocycles. The number of hydrogen-bond acceptors (Lipinski definition) is 3. The van der Waals surface area contributed by atoms with Gasteiger partial charge in [-0.3, -0.25) is 4.79 Å². The van der Waals surface area contributed by atoms with Gasteiger partial charge in [0.2, 0.25) is 5.91 Å². The Balaban J connectivity index is 2.98. The highest BCUT2D eigenvalue weighted by molar-refractivity contribution is 5.82. The number of carboxylic acid groups (broad SMARTS) is 1. The molecule has 110 valence electrons. The zero-order chi connectivity index (χ0) is 15.5. The van der Waals surface area contributed by atoms with Gasteiger partial charge in [-0.1, -0.05) is 12.1 Å². The van der Waals surface area contributed by atoms with Gasteiger partial charge in [0.25, 0.3) is 0 Å². The predicted molar refractivity (Wildman–Crippen MR) is 61.6 cm³/mol. The van der Waals surface area contributed by atoms with Crippen LogP contribution in [0, 0.1) is 0 Å². The highest BCUT2D eigenvalue weighted by Crippen LogP contribution is 2.30. The molecule has 20 heavy (non-hydrogen) atoms. The van der Waals surface area contributed by atoms with Crippen molar-refractivity contribution < 1.29 is 33.0 Å². The number of alkyl halides is 3. The van der Waals surface area contributed by atoms with Crippen molar-refractivity contribution in [3.63, 3.8) is 0 Å². The Kier molecular flexibility index (Phi) is 4.72. The van der Waals surface area contributed by atoms with E-state index in [4.69, 9.17) is 5.11 Å². The van der Waals surface area contributed by atoms with Gasteiger partial charge in [-0.2, -0.15) is 13.2 Å². The van der Waals surface area contributed by atoms with E-state index in [-0.39, 0.29) is 5.56 Å². The molecule has 0 aliphatic heterocycles. The number of rotatable bonds is 4.